The number of aromatic nitrogens is 6. The van der Waals surface area contributed by atoms with Crippen LogP contribution in [0.3, 0.4) is 0 Å². The number of aromatic amines is 2. The molecule has 0 atom stereocenters. The van der Waals surface area contributed by atoms with Gasteiger partial charge in [0, 0.05) is 60.4 Å². The van der Waals surface area contributed by atoms with Gasteiger partial charge in [0.15, 0.2) is 0 Å². The molecule has 11 heteroatoms. The van der Waals surface area contributed by atoms with E-state index in [0.29, 0.717) is 11.3 Å². The monoisotopic (exact) mass is 576 g/mol. The smallest absolute Gasteiger partial charge is 0.346 e. The molecule has 0 aliphatic heterocycles. The van der Waals surface area contributed by atoms with Crippen LogP contribution in [0, 0.1) is 0 Å². The van der Waals surface area contributed by atoms with Gasteiger partial charge < -0.3 is 19.6 Å². The van der Waals surface area contributed by atoms with Gasteiger partial charge >= 0.3 is 5.97 Å². The number of nitrogens with one attached hydrogen (secondary N) is 2. The third-order valence-corrected chi connectivity index (χ3v) is 7.60. The first kappa shape index (κ1) is 26.4. The van der Waals surface area contributed by atoms with Gasteiger partial charge in [-0.2, -0.15) is 0 Å². The summed E-state index contributed by atoms with van der Waals surface area (Å²) in [5, 5.41) is 15.4. The second kappa shape index (κ2) is 11.7. The molecule has 0 spiro atoms. The normalized spacial score (nSPS) is 10.7. The van der Waals surface area contributed by atoms with Gasteiger partial charge in [0.1, 0.15) is 21.8 Å². The molecule has 8 nitrogen and oxygen atoms in total. The molecule has 39 heavy (non-hydrogen) atoms. The largest absolute Gasteiger partial charge is 0.477 e. The van der Waals surface area contributed by atoms with Crippen molar-refractivity contribution in [1.82, 2.24) is 29.5 Å². The van der Waals surface area contributed by atoms with Crippen molar-refractivity contribution in [2.24, 2.45) is 7.05 Å². The Labute approximate surface area is 236 Å². The number of rotatable bonds is 3. The first-order valence-corrected chi connectivity index (χ1v) is 13.4. The Morgan fingerprint density at radius 1 is 0.846 bits per heavy atom. The number of carboxylic acid groups (broad SMARTS) is 1. The number of aryl methyl sites for hydroxylation is 1. The highest BCUT2D eigenvalue weighted by Gasteiger charge is 2.13. The molecule has 0 fully saturated rings. The van der Waals surface area contributed by atoms with Crippen molar-refractivity contribution in [3.8, 4) is 0 Å². The van der Waals surface area contributed by atoms with E-state index in [0.717, 1.165) is 54.3 Å². The quantitative estimate of drug-likeness (QED) is 0.203. The summed E-state index contributed by atoms with van der Waals surface area (Å²) < 4.78 is 1.95. The van der Waals surface area contributed by atoms with E-state index in [1.54, 1.807) is 30.7 Å². The Bertz CT molecular complexity index is 1890. The standard InChI is InChI=1S/C13H10N2O2S.C8H7ClN2.C7H5ClN2/c16-13(17)11-9(3-6-18-11)7-8-1-4-14-12-10(8)2-5-15-12;1-11-5-3-6-7(9)2-4-10-8(6)11;8-6-2-4-10-7-5(6)1-3-9-7/h1-6H,7H2,(H,14,15)(H,16,17);2-5H,1H3;1-4H,(H,9,10). The Balaban J connectivity index is 0.000000126. The minimum atomic E-state index is -0.862. The summed E-state index contributed by atoms with van der Waals surface area (Å²) in [4.78, 5) is 30.0. The number of fused-ring (bicyclic) bond motifs is 3. The van der Waals surface area contributed by atoms with Crippen LogP contribution in [-0.4, -0.2) is 40.6 Å². The SMILES string of the molecule is Clc1ccnc2[nH]ccc12.Cn1ccc2c(Cl)ccnc21.O=C(O)c1sccc1Cc1ccnc2[nH]ccc12. The Kier molecular flexibility index (Phi) is 7.92. The van der Waals surface area contributed by atoms with Crippen molar-refractivity contribution in [2.75, 3.05) is 0 Å². The van der Waals surface area contributed by atoms with Crippen LogP contribution in [0.25, 0.3) is 33.1 Å². The molecule has 0 saturated carbocycles. The second-order valence-electron chi connectivity index (χ2n) is 8.46. The molecule has 7 heterocycles. The molecule has 3 N–H and O–H groups in total. The van der Waals surface area contributed by atoms with Crippen LogP contribution in [0.2, 0.25) is 10.0 Å². The Hall–Kier alpha value is -4.18. The highest BCUT2D eigenvalue weighted by Crippen LogP contribution is 2.24. The molecular formula is C28H22Cl2N6O2S. The second-order valence-corrected chi connectivity index (χ2v) is 10.2. The average molecular weight is 577 g/mol. The minimum Gasteiger partial charge on any atom is -0.477 e. The van der Waals surface area contributed by atoms with Crippen LogP contribution < -0.4 is 0 Å². The zero-order valence-electron chi connectivity index (χ0n) is 20.6. The van der Waals surface area contributed by atoms with Crippen LogP contribution in [0.15, 0.2) is 85.0 Å². The number of thiophene rings is 1. The van der Waals surface area contributed by atoms with E-state index >= 15 is 0 Å². The van der Waals surface area contributed by atoms with Crippen LogP contribution in [0.5, 0.6) is 0 Å². The maximum Gasteiger partial charge on any atom is 0.346 e. The van der Waals surface area contributed by atoms with Gasteiger partial charge in [-0.05, 0) is 65.4 Å². The molecule has 196 valence electrons. The van der Waals surface area contributed by atoms with Crippen molar-refractivity contribution < 1.29 is 9.90 Å². The molecule has 0 aliphatic rings. The molecule has 0 aromatic carbocycles. The zero-order valence-corrected chi connectivity index (χ0v) is 22.9. The number of hydrogen-bond donors (Lipinski definition) is 3. The summed E-state index contributed by atoms with van der Waals surface area (Å²) in [5.41, 5.74) is 4.54. The minimum absolute atomic E-state index is 0.412. The maximum absolute atomic E-state index is 11.1. The van der Waals surface area contributed by atoms with Gasteiger partial charge in [-0.3, -0.25) is 0 Å². The lowest BCUT2D eigenvalue weighted by atomic mass is 10.0. The summed E-state index contributed by atoms with van der Waals surface area (Å²) in [5.74, 6) is -0.862. The number of hydrogen-bond acceptors (Lipinski definition) is 5. The molecule has 7 aromatic heterocycles. The van der Waals surface area contributed by atoms with Gasteiger partial charge in [0.25, 0.3) is 0 Å². The lowest BCUT2D eigenvalue weighted by Crippen LogP contribution is -1.98. The van der Waals surface area contributed by atoms with Crippen LogP contribution in [0.1, 0.15) is 20.8 Å². The van der Waals surface area contributed by atoms with Crippen LogP contribution in [-0.2, 0) is 13.5 Å². The maximum atomic E-state index is 11.1. The predicted octanol–water partition coefficient (Wildman–Crippen LogP) is 7.36. The number of pyridine rings is 3. The number of carbonyl (C=O) groups is 1. The number of halogens is 2. The number of carboxylic acids is 1. The van der Waals surface area contributed by atoms with Crippen molar-refractivity contribution in [3.63, 3.8) is 0 Å². The first-order chi connectivity index (χ1) is 18.9. The third-order valence-electron chi connectivity index (χ3n) is 5.99. The van der Waals surface area contributed by atoms with E-state index in [4.69, 9.17) is 28.3 Å². The average Bonchev–Trinajstić information content (AvgIpc) is 3.73. The van der Waals surface area contributed by atoms with Crippen molar-refractivity contribution in [2.45, 2.75) is 6.42 Å². The lowest BCUT2D eigenvalue weighted by Gasteiger charge is -2.02. The molecule has 7 aromatic rings. The molecule has 0 bridgehead atoms. The highest BCUT2D eigenvalue weighted by atomic mass is 35.5. The fourth-order valence-corrected chi connectivity index (χ4v) is 5.27. The molecule has 0 radical (unpaired) electrons. The summed E-state index contributed by atoms with van der Waals surface area (Å²) in [7, 11) is 1.95. The molecule has 0 saturated heterocycles. The van der Waals surface area contributed by atoms with E-state index in [-0.39, 0.29) is 0 Å². The van der Waals surface area contributed by atoms with Crippen LogP contribution in [0.4, 0.5) is 0 Å². The van der Waals surface area contributed by atoms with Crippen LogP contribution >= 0.6 is 34.5 Å². The van der Waals surface area contributed by atoms with Crippen molar-refractivity contribution in [3.05, 3.63) is 111 Å². The first-order valence-electron chi connectivity index (χ1n) is 11.8. The predicted molar refractivity (Wildman–Crippen MR) is 157 cm³/mol. The topological polar surface area (TPSA) is 112 Å². The van der Waals surface area contributed by atoms with E-state index in [1.807, 2.05) is 65.9 Å². The molecule has 0 aliphatic carbocycles. The van der Waals surface area contributed by atoms with Crippen molar-refractivity contribution >= 4 is 73.6 Å². The van der Waals surface area contributed by atoms with Crippen molar-refractivity contribution in [1.29, 1.82) is 0 Å². The molecule has 0 unspecified atom stereocenters. The van der Waals surface area contributed by atoms with E-state index in [2.05, 4.69) is 24.9 Å². The fraction of sp³-hybridized carbons (Fsp3) is 0.0714. The van der Waals surface area contributed by atoms with Gasteiger partial charge in [-0.1, -0.05) is 23.2 Å². The van der Waals surface area contributed by atoms with E-state index in [9.17, 15) is 4.79 Å². The third kappa shape index (κ3) is 5.80. The molecule has 7 rings (SSSR count). The van der Waals surface area contributed by atoms with Gasteiger partial charge in [0.2, 0.25) is 0 Å². The molecule has 0 amide bonds. The van der Waals surface area contributed by atoms with E-state index < -0.39 is 5.97 Å². The molecular weight excluding hydrogens is 555 g/mol. The summed E-state index contributed by atoms with van der Waals surface area (Å²) in [6.07, 6.45) is 11.4. The Morgan fingerprint density at radius 3 is 2.18 bits per heavy atom. The highest BCUT2D eigenvalue weighted by molar-refractivity contribution is 7.12. The van der Waals surface area contributed by atoms with Gasteiger partial charge in [-0.25, -0.2) is 19.7 Å². The lowest BCUT2D eigenvalue weighted by molar-refractivity contribution is 0.0701. The number of aromatic carboxylic acids is 1. The number of nitrogens with zero attached hydrogens (tertiary/aromatic N) is 4. The van der Waals surface area contributed by atoms with Gasteiger partial charge in [0.05, 0.1) is 10.0 Å². The summed E-state index contributed by atoms with van der Waals surface area (Å²) >= 11 is 13.0. The summed E-state index contributed by atoms with van der Waals surface area (Å²) in [6, 6.07) is 13.2. The fourth-order valence-electron chi connectivity index (χ4n) is 4.10. The number of H-pyrrole nitrogens is 2. The Morgan fingerprint density at radius 2 is 1.49 bits per heavy atom. The zero-order chi connectivity index (χ0) is 27.4. The van der Waals surface area contributed by atoms with Gasteiger partial charge in [-0.15, -0.1) is 11.3 Å². The summed E-state index contributed by atoms with van der Waals surface area (Å²) in [6.45, 7) is 0. The van der Waals surface area contributed by atoms with E-state index in [1.165, 1.54) is 11.3 Å².